The van der Waals surface area contributed by atoms with Gasteiger partial charge in [0.1, 0.15) is 0 Å². The summed E-state index contributed by atoms with van der Waals surface area (Å²) in [5.41, 5.74) is 1.10. The van der Waals surface area contributed by atoms with Crippen LogP contribution in [0.4, 0.5) is 0 Å². The van der Waals surface area contributed by atoms with E-state index in [9.17, 15) is 20.4 Å². The van der Waals surface area contributed by atoms with E-state index in [0.29, 0.717) is 47.4 Å². The van der Waals surface area contributed by atoms with Gasteiger partial charge in [0.25, 0.3) is 0 Å². The molecule has 0 aliphatic carbocycles. The fourth-order valence-corrected chi connectivity index (χ4v) is 3.90. The molecule has 6 nitrogen and oxygen atoms in total. The van der Waals surface area contributed by atoms with Crippen molar-refractivity contribution in [3.05, 3.63) is 55.5 Å². The molecule has 0 unspecified atom stereocenters. The van der Waals surface area contributed by atoms with E-state index in [1.165, 1.54) is 12.1 Å². The first-order chi connectivity index (χ1) is 17.0. The summed E-state index contributed by atoms with van der Waals surface area (Å²) in [4.78, 5) is 3.98. The van der Waals surface area contributed by atoms with Crippen molar-refractivity contribution in [1.29, 1.82) is 0 Å². The summed E-state index contributed by atoms with van der Waals surface area (Å²) < 4.78 is 0. The SMILES string of the molecule is CCCC[O-].CCCC[O-].CN(CCN(C)Cc1cc(Cl)cc(Cl)c1[O-])Cc1cc(Cl)cc(Cl)c1[O-].[Ti+4]. The van der Waals surface area contributed by atoms with Crippen LogP contribution in [0.15, 0.2) is 24.3 Å². The van der Waals surface area contributed by atoms with Crippen molar-refractivity contribution in [2.75, 3.05) is 40.4 Å². The van der Waals surface area contributed by atoms with E-state index in [-0.39, 0.29) is 56.5 Å². The van der Waals surface area contributed by atoms with Crippen molar-refractivity contribution >= 4 is 46.4 Å². The minimum absolute atomic E-state index is 0. The molecule has 2 aromatic rings. The molecular formula is C26H36Cl4N2O4Ti. The molecule has 0 aliphatic heterocycles. The maximum Gasteiger partial charge on any atom is 4.00 e. The predicted molar refractivity (Wildman–Crippen MR) is 144 cm³/mol. The molecule has 2 rings (SSSR count). The van der Waals surface area contributed by atoms with Gasteiger partial charge in [0.2, 0.25) is 0 Å². The minimum Gasteiger partial charge on any atom is -0.871 e. The summed E-state index contributed by atoms with van der Waals surface area (Å²) in [6, 6.07) is 6.15. The van der Waals surface area contributed by atoms with Crippen LogP contribution in [0.25, 0.3) is 0 Å². The number of benzene rings is 2. The summed E-state index contributed by atoms with van der Waals surface area (Å²) in [5, 5.41) is 44.3. The van der Waals surface area contributed by atoms with E-state index in [0.717, 1.165) is 25.7 Å². The zero-order chi connectivity index (χ0) is 27.7. The van der Waals surface area contributed by atoms with Crippen molar-refractivity contribution in [2.45, 2.75) is 52.6 Å². The largest absolute Gasteiger partial charge is 4.00 e. The Morgan fingerprint density at radius 2 is 0.973 bits per heavy atom. The van der Waals surface area contributed by atoms with E-state index in [1.807, 2.05) is 37.7 Å². The van der Waals surface area contributed by atoms with Crippen molar-refractivity contribution in [2.24, 2.45) is 0 Å². The van der Waals surface area contributed by atoms with Gasteiger partial charge in [0.05, 0.1) is 0 Å². The molecule has 2 aromatic carbocycles. The van der Waals surface area contributed by atoms with Crippen LogP contribution >= 0.6 is 46.4 Å². The Bertz CT molecular complexity index is 819. The number of halogens is 4. The topological polar surface area (TPSA) is 98.7 Å². The fourth-order valence-electron chi connectivity index (χ4n) is 2.83. The Balaban J connectivity index is 0. The van der Waals surface area contributed by atoms with Gasteiger partial charge in [-0.1, -0.05) is 97.4 Å². The number of unbranched alkanes of at least 4 members (excludes halogenated alkanes) is 2. The Morgan fingerprint density at radius 1 is 0.649 bits per heavy atom. The molecule has 0 fully saturated rings. The fraction of sp³-hybridized carbons (Fsp3) is 0.538. The maximum absolute atomic E-state index is 12.0. The quantitative estimate of drug-likeness (QED) is 0.344. The van der Waals surface area contributed by atoms with Crippen LogP contribution in [0.1, 0.15) is 50.7 Å². The Morgan fingerprint density at radius 3 is 1.22 bits per heavy atom. The van der Waals surface area contributed by atoms with Gasteiger partial charge in [-0.15, -0.1) is 13.2 Å². The number of likely N-dealkylation sites (N-methyl/N-ethyl adjacent to an activating group) is 2. The number of rotatable bonds is 11. The van der Waals surface area contributed by atoms with E-state index < -0.39 is 0 Å². The van der Waals surface area contributed by atoms with Gasteiger partial charge in [-0.2, -0.15) is 0 Å². The zero-order valence-corrected chi connectivity index (χ0v) is 26.5. The maximum atomic E-state index is 12.0. The average molecular weight is 630 g/mol. The second kappa shape index (κ2) is 22.6. The number of hydrogen-bond donors (Lipinski definition) is 0. The molecule has 0 radical (unpaired) electrons. The standard InChI is InChI=1S/C18H20Cl4N2O2.2C4H9O.Ti/c1-23(9-11-5-13(19)7-15(21)17(11)25)3-4-24(2)10-12-6-14(20)8-16(22)18(12)26;2*1-2-3-4-5;/h5-8,25-26H,3-4,9-10H2,1-2H3;2*2-4H2,1H3;/q;2*-1;+4/p-2. The van der Waals surface area contributed by atoms with Gasteiger partial charge in [-0.25, -0.2) is 0 Å². The molecule has 11 heteroatoms. The molecule has 0 aliphatic rings. The molecule has 0 atom stereocenters. The Labute approximate surface area is 257 Å². The van der Waals surface area contributed by atoms with Gasteiger partial charge < -0.3 is 30.2 Å². The molecule has 0 N–H and O–H groups in total. The third-order valence-corrected chi connectivity index (χ3v) is 5.91. The van der Waals surface area contributed by atoms with Gasteiger partial charge in [-0.05, 0) is 49.5 Å². The molecule has 0 aromatic heterocycles. The van der Waals surface area contributed by atoms with Gasteiger partial charge in [0.15, 0.2) is 0 Å². The van der Waals surface area contributed by atoms with Crippen LogP contribution in [0.2, 0.25) is 20.1 Å². The number of hydrogen-bond acceptors (Lipinski definition) is 6. The molecular weight excluding hydrogens is 594 g/mol. The van der Waals surface area contributed by atoms with Crippen molar-refractivity contribution in [3.63, 3.8) is 0 Å². The first kappa shape index (κ1) is 38.9. The summed E-state index contributed by atoms with van der Waals surface area (Å²) in [7, 11) is 3.80. The second-order valence-corrected chi connectivity index (χ2v) is 10.0. The van der Waals surface area contributed by atoms with E-state index in [2.05, 4.69) is 0 Å². The summed E-state index contributed by atoms with van der Waals surface area (Å²) in [6.45, 7) is 6.44. The Hall–Kier alpha value is -0.246. The minimum atomic E-state index is -0.208. The third kappa shape index (κ3) is 17.1. The molecule has 0 bridgehead atoms. The molecule has 0 saturated carbocycles. The smallest absolute Gasteiger partial charge is 0.871 e. The summed E-state index contributed by atoms with van der Waals surface area (Å²) in [6.07, 6.45) is 3.73. The first-order valence-corrected chi connectivity index (χ1v) is 13.3. The summed E-state index contributed by atoms with van der Waals surface area (Å²) in [5.74, 6) is -0.415. The van der Waals surface area contributed by atoms with Crippen molar-refractivity contribution < 1.29 is 42.1 Å². The number of nitrogens with zero attached hydrogens (tertiary/aromatic N) is 2. The van der Waals surface area contributed by atoms with Gasteiger partial charge in [0, 0.05) is 46.3 Å². The molecule has 37 heavy (non-hydrogen) atoms. The van der Waals surface area contributed by atoms with Crippen LogP contribution in [-0.2, 0) is 34.8 Å². The monoisotopic (exact) mass is 628 g/mol. The van der Waals surface area contributed by atoms with Crippen molar-refractivity contribution in [1.82, 2.24) is 9.80 Å². The molecule has 206 valence electrons. The normalized spacial score (nSPS) is 10.4. The summed E-state index contributed by atoms with van der Waals surface area (Å²) >= 11 is 23.7. The van der Waals surface area contributed by atoms with E-state index >= 15 is 0 Å². The zero-order valence-electron chi connectivity index (χ0n) is 21.9. The first-order valence-electron chi connectivity index (χ1n) is 11.8. The van der Waals surface area contributed by atoms with Crippen LogP contribution < -0.4 is 20.4 Å². The molecule has 0 saturated heterocycles. The third-order valence-electron chi connectivity index (χ3n) is 4.91. The predicted octanol–water partition coefficient (Wildman–Crippen LogP) is 4.30. The van der Waals surface area contributed by atoms with Crippen LogP contribution in [0.3, 0.4) is 0 Å². The van der Waals surface area contributed by atoms with E-state index in [4.69, 9.17) is 46.4 Å². The van der Waals surface area contributed by atoms with Crippen molar-refractivity contribution in [3.8, 4) is 11.5 Å². The van der Waals surface area contributed by atoms with Crippen LogP contribution in [0.5, 0.6) is 11.5 Å². The average Bonchev–Trinajstić information content (AvgIpc) is 2.81. The van der Waals surface area contributed by atoms with Crippen LogP contribution in [0, 0.1) is 0 Å². The van der Waals surface area contributed by atoms with Gasteiger partial charge >= 0.3 is 21.7 Å². The van der Waals surface area contributed by atoms with Gasteiger partial charge in [-0.3, -0.25) is 0 Å². The molecule has 0 heterocycles. The molecule has 0 amide bonds. The second-order valence-electron chi connectivity index (χ2n) is 8.34. The Kier molecular flexibility index (Phi) is 23.7. The van der Waals surface area contributed by atoms with Crippen LogP contribution in [-0.4, -0.2) is 50.2 Å². The van der Waals surface area contributed by atoms with E-state index in [1.54, 1.807) is 12.1 Å². The molecule has 0 spiro atoms.